The molecule has 7 heterocycles. The summed E-state index contributed by atoms with van der Waals surface area (Å²) in [6.07, 6.45) is 6.72. The molecule has 3 amide bonds. The van der Waals surface area contributed by atoms with Crippen LogP contribution in [0.25, 0.3) is 44.7 Å². The van der Waals surface area contributed by atoms with Crippen LogP contribution in [0.15, 0.2) is 67.0 Å². The van der Waals surface area contributed by atoms with Gasteiger partial charge in [-0.15, -0.1) is 0 Å². The van der Waals surface area contributed by atoms with E-state index in [0.717, 1.165) is 71.1 Å². The SMILES string of the molecule is COC(=O)N[C@H](C(=O)N1CCC[C@H]1c1ncc(-c2cc(F)c3c(c2)OC(c2ccc4c(c2)OCCC4)n2c-3cc3cc(-c4cnc(C5CCCN5C(=O)OC(C)(C)C)[nH]4)ccc32)[nH]1)C(C)C. The molecule has 4 atom stereocenters. The highest BCUT2D eigenvalue weighted by atomic mass is 19.1. The quantitative estimate of drug-likeness (QED) is 0.135. The molecule has 16 heteroatoms. The number of benzene rings is 3. The molecule has 2 unspecified atom stereocenters. The van der Waals surface area contributed by atoms with Crippen molar-refractivity contribution in [3.63, 3.8) is 0 Å². The molecule has 6 aromatic rings. The normalized spacial score (nSPS) is 19.5. The van der Waals surface area contributed by atoms with Gasteiger partial charge < -0.3 is 43.7 Å². The number of aryl methyl sites for hydroxylation is 1. The molecule has 3 N–H and O–H groups in total. The monoisotopic (exact) mass is 898 g/mol. The number of hydrogen-bond acceptors (Lipinski definition) is 9. The van der Waals surface area contributed by atoms with Crippen molar-refractivity contribution in [1.29, 1.82) is 0 Å². The summed E-state index contributed by atoms with van der Waals surface area (Å²) >= 11 is 0. The zero-order chi connectivity index (χ0) is 46.0. The maximum atomic E-state index is 16.9. The van der Waals surface area contributed by atoms with Gasteiger partial charge in [0, 0.05) is 35.2 Å². The Kier molecular flexibility index (Phi) is 11.0. The van der Waals surface area contributed by atoms with Gasteiger partial charge >= 0.3 is 12.2 Å². The van der Waals surface area contributed by atoms with Crippen LogP contribution in [0.5, 0.6) is 11.5 Å². The molecule has 66 heavy (non-hydrogen) atoms. The lowest BCUT2D eigenvalue weighted by molar-refractivity contribution is -0.135. The molecule has 0 radical (unpaired) electrons. The summed E-state index contributed by atoms with van der Waals surface area (Å²) in [7, 11) is 1.27. The van der Waals surface area contributed by atoms with Crippen molar-refractivity contribution in [2.75, 3.05) is 26.8 Å². The molecule has 0 bridgehead atoms. The number of H-pyrrole nitrogens is 2. The average molecular weight is 899 g/mol. The van der Waals surface area contributed by atoms with Crippen LogP contribution in [0, 0.1) is 11.7 Å². The Morgan fingerprint density at radius 1 is 0.864 bits per heavy atom. The summed E-state index contributed by atoms with van der Waals surface area (Å²) in [5.74, 6) is 1.61. The van der Waals surface area contributed by atoms with Crippen molar-refractivity contribution in [1.82, 2.24) is 39.6 Å². The molecular formula is C50H55FN8O7. The summed E-state index contributed by atoms with van der Waals surface area (Å²) in [5.41, 5.74) is 6.03. The number of rotatable bonds is 8. The minimum atomic E-state index is -0.769. The number of hydrogen-bond donors (Lipinski definition) is 3. The Morgan fingerprint density at radius 2 is 1.58 bits per heavy atom. The summed E-state index contributed by atoms with van der Waals surface area (Å²) in [6.45, 7) is 11.1. The molecule has 2 saturated heterocycles. The number of aromatic amines is 2. The molecule has 3 aromatic heterocycles. The fourth-order valence-electron chi connectivity index (χ4n) is 9.92. The number of halogens is 1. The van der Waals surface area contributed by atoms with E-state index in [4.69, 9.17) is 28.9 Å². The topological polar surface area (TPSA) is 169 Å². The third-order valence-electron chi connectivity index (χ3n) is 13.1. The van der Waals surface area contributed by atoms with Gasteiger partial charge in [-0.3, -0.25) is 9.69 Å². The number of imidazole rings is 2. The maximum absolute atomic E-state index is 16.9. The number of carbonyl (C=O) groups is 3. The number of amides is 3. The Bertz CT molecular complexity index is 2860. The summed E-state index contributed by atoms with van der Waals surface area (Å²) < 4.78 is 42.5. The van der Waals surface area contributed by atoms with E-state index in [-0.39, 0.29) is 30.0 Å². The summed E-state index contributed by atoms with van der Waals surface area (Å²) in [4.78, 5) is 58.9. The van der Waals surface area contributed by atoms with Crippen LogP contribution in [0.1, 0.15) is 108 Å². The average Bonchev–Trinajstić information content (AvgIpc) is 4.15. The number of ether oxygens (including phenoxy) is 4. The first-order valence-corrected chi connectivity index (χ1v) is 22.9. The van der Waals surface area contributed by atoms with E-state index < -0.39 is 29.8 Å². The Morgan fingerprint density at radius 3 is 2.29 bits per heavy atom. The van der Waals surface area contributed by atoms with Crippen molar-refractivity contribution >= 4 is 29.0 Å². The highest BCUT2D eigenvalue weighted by Gasteiger charge is 2.39. The van der Waals surface area contributed by atoms with Crippen molar-refractivity contribution in [2.24, 2.45) is 5.92 Å². The third kappa shape index (κ3) is 7.89. The van der Waals surface area contributed by atoms with Crippen molar-refractivity contribution in [3.05, 3.63) is 95.6 Å². The number of methoxy groups -OCH3 is 1. The highest BCUT2D eigenvalue weighted by Crippen LogP contribution is 2.48. The summed E-state index contributed by atoms with van der Waals surface area (Å²) in [6, 6.07) is 16.3. The Hall–Kier alpha value is -6.84. The minimum absolute atomic E-state index is 0.173. The van der Waals surface area contributed by atoms with Crippen LogP contribution in [0.2, 0.25) is 0 Å². The van der Waals surface area contributed by atoms with Gasteiger partial charge in [0.25, 0.3) is 0 Å². The second-order valence-electron chi connectivity index (χ2n) is 19.0. The molecule has 0 aliphatic carbocycles. The molecule has 344 valence electrons. The zero-order valence-corrected chi connectivity index (χ0v) is 38.1. The predicted molar refractivity (Wildman–Crippen MR) is 244 cm³/mol. The van der Waals surface area contributed by atoms with E-state index in [1.54, 1.807) is 22.2 Å². The first-order chi connectivity index (χ1) is 31.7. The van der Waals surface area contributed by atoms with Gasteiger partial charge in [-0.1, -0.05) is 32.0 Å². The number of likely N-dealkylation sites (tertiary alicyclic amines) is 2. The first-order valence-electron chi connectivity index (χ1n) is 22.9. The second-order valence-corrected chi connectivity index (χ2v) is 19.0. The highest BCUT2D eigenvalue weighted by molar-refractivity contribution is 5.93. The second kappa shape index (κ2) is 16.9. The molecule has 3 aromatic carbocycles. The van der Waals surface area contributed by atoms with Crippen LogP contribution >= 0.6 is 0 Å². The van der Waals surface area contributed by atoms with Crippen LogP contribution in [0.3, 0.4) is 0 Å². The molecule has 2 fully saturated rings. The maximum Gasteiger partial charge on any atom is 0.410 e. The van der Waals surface area contributed by atoms with E-state index >= 15 is 4.39 Å². The standard InChI is InChI=1S/C50H55FN8O7/c1-27(2)43(56-48(61)63-6)46(60)57-17-7-11-37(57)44-53-26-35(55-44)31-21-33(51)42-39-22-32-20-29(34-25-52-45(54-34)38-12-8-18-58(38)49(62)66-50(3,4)5)15-16-36(32)59(39)47(65-41(42)24-31)30-14-13-28-10-9-19-64-40(28)23-30/h13-16,20-27,37-38,43,47H,7-12,17-19H2,1-6H3,(H,52,54)(H,53,55)(H,56,61)/t37-,38?,43-,47?/m0/s1. The van der Waals surface area contributed by atoms with E-state index in [1.165, 1.54) is 13.2 Å². The largest absolute Gasteiger partial charge is 0.493 e. The number of nitrogens with one attached hydrogen (secondary N) is 3. The Balaban J connectivity index is 0.993. The van der Waals surface area contributed by atoms with Crippen LogP contribution in [-0.4, -0.2) is 90.8 Å². The van der Waals surface area contributed by atoms with Crippen molar-refractivity contribution in [3.8, 4) is 45.3 Å². The van der Waals surface area contributed by atoms with Crippen molar-refractivity contribution < 1.29 is 37.7 Å². The summed E-state index contributed by atoms with van der Waals surface area (Å²) in [5, 5.41) is 3.57. The number of aromatic nitrogens is 5. The van der Waals surface area contributed by atoms with Crippen molar-refractivity contribution in [2.45, 2.75) is 103 Å². The van der Waals surface area contributed by atoms with E-state index in [9.17, 15) is 14.4 Å². The molecule has 0 saturated carbocycles. The smallest absolute Gasteiger partial charge is 0.410 e. The number of alkyl carbamates (subject to hydrolysis) is 1. The predicted octanol–water partition coefficient (Wildman–Crippen LogP) is 9.61. The number of fused-ring (bicyclic) bond motifs is 6. The van der Waals surface area contributed by atoms with E-state index in [0.29, 0.717) is 66.0 Å². The Labute approximate surface area is 382 Å². The zero-order valence-electron chi connectivity index (χ0n) is 38.1. The molecule has 4 aliphatic rings. The third-order valence-corrected chi connectivity index (χ3v) is 13.1. The van der Waals surface area contributed by atoms with Gasteiger partial charge in [-0.25, -0.2) is 23.9 Å². The van der Waals surface area contributed by atoms with Gasteiger partial charge in [0.05, 0.1) is 66.4 Å². The molecule has 10 rings (SSSR count). The van der Waals surface area contributed by atoms with Crippen LogP contribution in [0.4, 0.5) is 14.0 Å². The lowest BCUT2D eigenvalue weighted by atomic mass is 10.0. The van der Waals surface area contributed by atoms with Crippen LogP contribution in [-0.2, 0) is 20.7 Å². The first kappa shape index (κ1) is 43.1. The molecule has 0 spiro atoms. The lowest BCUT2D eigenvalue weighted by Crippen LogP contribution is -2.51. The van der Waals surface area contributed by atoms with Crippen LogP contribution < -0.4 is 14.8 Å². The fourth-order valence-corrected chi connectivity index (χ4v) is 9.92. The molecular weight excluding hydrogens is 844 g/mol. The van der Waals surface area contributed by atoms with Gasteiger partial charge in [0.1, 0.15) is 40.6 Å². The van der Waals surface area contributed by atoms with Gasteiger partial charge in [0.15, 0.2) is 0 Å². The molecule has 15 nitrogen and oxygen atoms in total. The van der Waals surface area contributed by atoms with Gasteiger partial charge in [-0.2, -0.15) is 0 Å². The van der Waals surface area contributed by atoms with E-state index in [2.05, 4.69) is 33.5 Å². The lowest BCUT2D eigenvalue weighted by Gasteiger charge is -2.31. The fraction of sp³-hybridized carbons (Fsp3) is 0.420. The van der Waals surface area contributed by atoms with E-state index in [1.807, 2.05) is 69.5 Å². The van der Waals surface area contributed by atoms with Gasteiger partial charge in [-0.05, 0) is 107 Å². The number of carbonyl (C=O) groups excluding carboxylic acids is 3. The van der Waals surface area contributed by atoms with Gasteiger partial charge in [0.2, 0.25) is 12.1 Å². The number of nitrogens with zero attached hydrogens (tertiary/aromatic N) is 5. The molecule has 4 aliphatic heterocycles. The minimum Gasteiger partial charge on any atom is -0.493 e.